The van der Waals surface area contributed by atoms with E-state index >= 15 is 0 Å². The maximum Gasteiger partial charge on any atom is 0.162 e. The van der Waals surface area contributed by atoms with Crippen LogP contribution >= 0.6 is 0 Å². The van der Waals surface area contributed by atoms with Crippen molar-refractivity contribution in [2.24, 2.45) is 0 Å². The number of methoxy groups -OCH3 is 2. The van der Waals surface area contributed by atoms with Crippen molar-refractivity contribution in [2.75, 3.05) is 25.7 Å². The van der Waals surface area contributed by atoms with Crippen LogP contribution in [0, 0.1) is 7.05 Å². The second-order valence-electron chi connectivity index (χ2n) is 2.90. The summed E-state index contributed by atoms with van der Waals surface area (Å²) < 4.78 is 10.3. The van der Waals surface area contributed by atoms with Crippen LogP contribution in [0.5, 0.6) is 11.5 Å². The molecule has 3 nitrogen and oxygen atoms in total. The molecule has 0 saturated carbocycles. The fourth-order valence-electron chi connectivity index (χ4n) is 1.20. The molecule has 0 atom stereocenters. The van der Waals surface area contributed by atoms with Crippen molar-refractivity contribution in [3.63, 3.8) is 0 Å². The number of ether oxygens (including phenoxy) is 2. The third-order valence-electron chi connectivity index (χ3n) is 2.11. The summed E-state index contributed by atoms with van der Waals surface area (Å²) in [6, 6.07) is 5.75. The molecule has 0 heterocycles. The first-order valence-electron chi connectivity index (χ1n) is 4.53. The monoisotopic (exact) mass is 194 g/mol. The molecule has 1 aromatic rings. The van der Waals surface area contributed by atoms with E-state index in [9.17, 15) is 0 Å². The first kappa shape index (κ1) is 10.7. The molecule has 0 aromatic heterocycles. The van der Waals surface area contributed by atoms with Crippen LogP contribution in [0.1, 0.15) is 6.92 Å². The maximum atomic E-state index is 5.19. The van der Waals surface area contributed by atoms with Crippen molar-refractivity contribution in [3.05, 3.63) is 25.2 Å². The zero-order valence-corrected chi connectivity index (χ0v) is 8.91. The first-order chi connectivity index (χ1) is 6.72. The van der Waals surface area contributed by atoms with E-state index < -0.39 is 0 Å². The summed E-state index contributed by atoms with van der Waals surface area (Å²) in [6.07, 6.45) is 0. The van der Waals surface area contributed by atoms with Gasteiger partial charge >= 0.3 is 0 Å². The van der Waals surface area contributed by atoms with E-state index in [1.807, 2.05) is 30.0 Å². The smallest absolute Gasteiger partial charge is 0.162 e. The van der Waals surface area contributed by atoms with Crippen LogP contribution in [0.4, 0.5) is 5.69 Å². The lowest BCUT2D eigenvalue weighted by Gasteiger charge is -2.18. The van der Waals surface area contributed by atoms with Gasteiger partial charge in [-0.05, 0) is 19.1 Å². The molecule has 0 amide bonds. The van der Waals surface area contributed by atoms with Crippen molar-refractivity contribution < 1.29 is 9.47 Å². The van der Waals surface area contributed by atoms with Crippen LogP contribution in [-0.2, 0) is 0 Å². The summed E-state index contributed by atoms with van der Waals surface area (Å²) in [5, 5.41) is 0. The van der Waals surface area contributed by atoms with Gasteiger partial charge in [0.1, 0.15) is 0 Å². The number of nitrogens with zero attached hydrogens (tertiary/aromatic N) is 1. The van der Waals surface area contributed by atoms with Crippen molar-refractivity contribution in [1.29, 1.82) is 0 Å². The molecule has 0 spiro atoms. The van der Waals surface area contributed by atoms with Gasteiger partial charge < -0.3 is 14.4 Å². The van der Waals surface area contributed by atoms with Gasteiger partial charge in [-0.3, -0.25) is 0 Å². The van der Waals surface area contributed by atoms with Crippen molar-refractivity contribution in [2.45, 2.75) is 6.92 Å². The largest absolute Gasteiger partial charge is 0.493 e. The van der Waals surface area contributed by atoms with Gasteiger partial charge in [0.2, 0.25) is 0 Å². The van der Waals surface area contributed by atoms with E-state index in [0.29, 0.717) is 0 Å². The van der Waals surface area contributed by atoms with Gasteiger partial charge in [0.05, 0.1) is 14.2 Å². The van der Waals surface area contributed by atoms with Gasteiger partial charge in [-0.1, -0.05) is 0 Å². The number of hydrogen-bond donors (Lipinski definition) is 0. The predicted octanol–water partition coefficient (Wildman–Crippen LogP) is 2.32. The SMILES string of the molecule is [CH2]N(CC)c1ccc(OC)c(OC)c1. The number of benzene rings is 1. The van der Waals surface area contributed by atoms with E-state index in [4.69, 9.17) is 9.47 Å². The highest BCUT2D eigenvalue weighted by Gasteiger charge is 2.06. The zero-order chi connectivity index (χ0) is 10.6. The van der Waals surface area contributed by atoms with Crippen molar-refractivity contribution >= 4 is 5.69 Å². The lowest BCUT2D eigenvalue weighted by Crippen LogP contribution is -2.12. The highest BCUT2D eigenvalue weighted by Crippen LogP contribution is 2.31. The standard InChI is InChI=1S/C11H16NO2/c1-5-12(2)9-6-7-10(13-3)11(8-9)14-4/h6-8H,2,5H2,1,3-4H3. The van der Waals surface area contributed by atoms with E-state index in [1.165, 1.54) is 0 Å². The fourth-order valence-corrected chi connectivity index (χ4v) is 1.20. The minimum absolute atomic E-state index is 0.729. The van der Waals surface area contributed by atoms with Crippen LogP contribution in [0.2, 0.25) is 0 Å². The van der Waals surface area contributed by atoms with E-state index in [0.717, 1.165) is 23.7 Å². The molecule has 14 heavy (non-hydrogen) atoms. The molecule has 0 bridgehead atoms. The average Bonchev–Trinajstić information content (AvgIpc) is 2.26. The summed E-state index contributed by atoms with van der Waals surface area (Å²) in [5.74, 6) is 1.47. The van der Waals surface area contributed by atoms with Crippen LogP contribution in [0.15, 0.2) is 18.2 Å². The molecule has 0 N–H and O–H groups in total. The van der Waals surface area contributed by atoms with Crippen molar-refractivity contribution in [1.82, 2.24) is 0 Å². The second-order valence-corrected chi connectivity index (χ2v) is 2.90. The van der Waals surface area contributed by atoms with Crippen LogP contribution in [-0.4, -0.2) is 20.8 Å². The van der Waals surface area contributed by atoms with Gasteiger partial charge in [0, 0.05) is 25.3 Å². The minimum Gasteiger partial charge on any atom is -0.493 e. The molecule has 77 valence electrons. The third kappa shape index (κ3) is 2.10. The van der Waals surface area contributed by atoms with Crippen LogP contribution in [0.3, 0.4) is 0 Å². The second kappa shape index (κ2) is 4.74. The number of anilines is 1. The Labute approximate surface area is 85.2 Å². The molecule has 1 aromatic carbocycles. The van der Waals surface area contributed by atoms with Gasteiger partial charge in [-0.15, -0.1) is 0 Å². The van der Waals surface area contributed by atoms with E-state index in [1.54, 1.807) is 14.2 Å². The molecule has 0 unspecified atom stereocenters. The normalized spacial score (nSPS) is 9.71. The highest BCUT2D eigenvalue weighted by molar-refractivity contribution is 5.56. The molecule has 0 saturated heterocycles. The van der Waals surface area contributed by atoms with Crippen LogP contribution < -0.4 is 14.4 Å². The highest BCUT2D eigenvalue weighted by atomic mass is 16.5. The molecule has 3 heteroatoms. The number of hydrogen-bond acceptors (Lipinski definition) is 3. The Bertz CT molecular complexity index is 299. The summed E-state index contributed by atoms with van der Waals surface area (Å²) in [4.78, 5) is 1.89. The molecule has 0 aliphatic carbocycles. The van der Waals surface area contributed by atoms with Crippen molar-refractivity contribution in [3.8, 4) is 11.5 Å². The summed E-state index contributed by atoms with van der Waals surface area (Å²) in [5.41, 5.74) is 1.02. The van der Waals surface area contributed by atoms with Crippen LogP contribution in [0.25, 0.3) is 0 Å². The molecule has 0 aliphatic rings. The average molecular weight is 194 g/mol. The molecule has 1 radical (unpaired) electrons. The fraction of sp³-hybridized carbons (Fsp3) is 0.364. The van der Waals surface area contributed by atoms with E-state index in [-0.39, 0.29) is 0 Å². The molecule has 0 aliphatic heterocycles. The molecule has 1 rings (SSSR count). The van der Waals surface area contributed by atoms with Gasteiger partial charge in [-0.25, -0.2) is 0 Å². The summed E-state index contributed by atoms with van der Waals surface area (Å²) >= 11 is 0. The Hall–Kier alpha value is -1.38. The quantitative estimate of drug-likeness (QED) is 0.734. The Morgan fingerprint density at radius 1 is 1.21 bits per heavy atom. The lowest BCUT2D eigenvalue weighted by atomic mass is 10.2. The Morgan fingerprint density at radius 2 is 1.86 bits per heavy atom. The van der Waals surface area contributed by atoms with Gasteiger partial charge in [0.15, 0.2) is 11.5 Å². The Balaban J connectivity index is 3.01. The third-order valence-corrected chi connectivity index (χ3v) is 2.11. The first-order valence-corrected chi connectivity index (χ1v) is 4.53. The predicted molar refractivity (Wildman–Crippen MR) is 57.9 cm³/mol. The molecular formula is C11H16NO2. The molecular weight excluding hydrogens is 178 g/mol. The summed E-state index contributed by atoms with van der Waals surface area (Å²) in [7, 11) is 7.14. The lowest BCUT2D eigenvalue weighted by molar-refractivity contribution is 0.355. The Morgan fingerprint density at radius 3 is 2.36 bits per heavy atom. The molecule has 0 fully saturated rings. The number of rotatable bonds is 4. The van der Waals surface area contributed by atoms with Gasteiger partial charge in [0.25, 0.3) is 0 Å². The Kier molecular flexibility index (Phi) is 3.63. The summed E-state index contributed by atoms with van der Waals surface area (Å²) in [6.45, 7) is 2.90. The van der Waals surface area contributed by atoms with E-state index in [2.05, 4.69) is 7.05 Å². The zero-order valence-electron chi connectivity index (χ0n) is 8.91. The maximum absolute atomic E-state index is 5.19. The van der Waals surface area contributed by atoms with Gasteiger partial charge in [-0.2, -0.15) is 0 Å². The minimum atomic E-state index is 0.729. The topological polar surface area (TPSA) is 21.7 Å².